The molecular formula is C11H16BrClFNO2. The number of phenolic OH excluding ortho intramolecular Hbond substituents is 1. The van der Waals surface area contributed by atoms with Crippen LogP contribution in [-0.2, 0) is 0 Å². The summed E-state index contributed by atoms with van der Waals surface area (Å²) in [6, 6.07) is 2.07. The fraction of sp³-hybridized carbons (Fsp3) is 0.455. The average molecular weight is 329 g/mol. The lowest BCUT2D eigenvalue weighted by atomic mass is 9.81. The molecule has 0 heterocycles. The molecule has 0 amide bonds. The van der Waals surface area contributed by atoms with Gasteiger partial charge in [0, 0.05) is 28.1 Å². The first-order chi connectivity index (χ1) is 7.29. The van der Waals surface area contributed by atoms with Crippen molar-refractivity contribution < 1.29 is 14.6 Å². The predicted octanol–water partition coefficient (Wildman–Crippen LogP) is 2.73. The Bertz CT molecular complexity index is 401. The second-order valence-corrected chi connectivity index (χ2v) is 5.37. The van der Waals surface area contributed by atoms with Crippen molar-refractivity contribution in [2.75, 3.05) is 6.61 Å². The molecule has 0 aromatic heterocycles. The van der Waals surface area contributed by atoms with Gasteiger partial charge in [-0.15, -0.1) is 12.4 Å². The molecule has 1 rings (SSSR count). The van der Waals surface area contributed by atoms with Gasteiger partial charge in [-0.3, -0.25) is 0 Å². The molecule has 0 aliphatic rings. The predicted molar refractivity (Wildman–Crippen MR) is 70.8 cm³/mol. The molecule has 0 radical (unpaired) electrons. The van der Waals surface area contributed by atoms with E-state index >= 15 is 0 Å². The molecule has 0 aliphatic heterocycles. The summed E-state index contributed by atoms with van der Waals surface area (Å²) in [5, 5.41) is 18.8. The zero-order valence-corrected chi connectivity index (χ0v) is 12.0. The third-order valence-electron chi connectivity index (χ3n) is 2.64. The van der Waals surface area contributed by atoms with E-state index in [9.17, 15) is 14.6 Å². The molecule has 0 bridgehead atoms. The summed E-state index contributed by atoms with van der Waals surface area (Å²) in [5.41, 5.74) is 5.56. The lowest BCUT2D eigenvalue weighted by Crippen LogP contribution is -2.32. The number of rotatable bonds is 3. The lowest BCUT2D eigenvalue weighted by Gasteiger charge is -2.30. The van der Waals surface area contributed by atoms with Crippen LogP contribution in [0, 0.1) is 11.2 Å². The Labute approximate surface area is 114 Å². The minimum Gasteiger partial charge on any atom is -0.505 e. The number of hydrogen-bond acceptors (Lipinski definition) is 3. The van der Waals surface area contributed by atoms with E-state index in [4.69, 9.17) is 5.73 Å². The molecule has 98 valence electrons. The van der Waals surface area contributed by atoms with Crippen LogP contribution in [0.2, 0.25) is 0 Å². The van der Waals surface area contributed by atoms with Crippen LogP contribution < -0.4 is 5.73 Å². The summed E-state index contributed by atoms with van der Waals surface area (Å²) in [7, 11) is 0. The standard InChI is InChI=1S/C11H15BrFNO2.ClH/c1-11(2,5-15)10(14)7-3-6(12)4-8(13)9(7)16;/h3-4,10,15-16H,5,14H2,1-2H3;1H/t10-;/m1./s1. The molecule has 6 heteroatoms. The van der Waals surface area contributed by atoms with Crippen LogP contribution in [0.5, 0.6) is 5.75 Å². The second kappa shape index (κ2) is 6.00. The van der Waals surface area contributed by atoms with Gasteiger partial charge in [0.1, 0.15) is 0 Å². The Kier molecular flexibility index (Phi) is 5.87. The van der Waals surface area contributed by atoms with Gasteiger partial charge in [0.2, 0.25) is 0 Å². The average Bonchev–Trinajstić information content (AvgIpc) is 2.22. The van der Waals surface area contributed by atoms with E-state index in [2.05, 4.69) is 15.9 Å². The van der Waals surface area contributed by atoms with Gasteiger partial charge in [-0.2, -0.15) is 0 Å². The van der Waals surface area contributed by atoms with Crippen LogP contribution in [0.25, 0.3) is 0 Å². The number of hydrogen-bond donors (Lipinski definition) is 3. The van der Waals surface area contributed by atoms with E-state index in [1.165, 1.54) is 0 Å². The van der Waals surface area contributed by atoms with Gasteiger partial charge in [-0.25, -0.2) is 4.39 Å². The summed E-state index contributed by atoms with van der Waals surface area (Å²) in [5.74, 6) is -1.19. The highest BCUT2D eigenvalue weighted by atomic mass is 79.9. The van der Waals surface area contributed by atoms with Crippen molar-refractivity contribution in [3.8, 4) is 5.75 Å². The maximum Gasteiger partial charge on any atom is 0.166 e. The van der Waals surface area contributed by atoms with Crippen molar-refractivity contribution >= 4 is 28.3 Å². The highest BCUT2D eigenvalue weighted by Gasteiger charge is 2.30. The van der Waals surface area contributed by atoms with Crippen LogP contribution in [0.1, 0.15) is 25.5 Å². The van der Waals surface area contributed by atoms with Crippen LogP contribution >= 0.6 is 28.3 Å². The van der Waals surface area contributed by atoms with Crippen molar-refractivity contribution in [1.82, 2.24) is 0 Å². The van der Waals surface area contributed by atoms with Gasteiger partial charge < -0.3 is 15.9 Å². The van der Waals surface area contributed by atoms with Crippen LogP contribution in [0.15, 0.2) is 16.6 Å². The summed E-state index contributed by atoms with van der Waals surface area (Å²) < 4.78 is 13.8. The van der Waals surface area contributed by atoms with E-state index < -0.39 is 23.0 Å². The number of aromatic hydroxyl groups is 1. The quantitative estimate of drug-likeness (QED) is 0.799. The minimum absolute atomic E-state index is 0. The third-order valence-corrected chi connectivity index (χ3v) is 3.10. The summed E-state index contributed by atoms with van der Waals surface area (Å²) >= 11 is 3.13. The normalized spacial score (nSPS) is 13.1. The van der Waals surface area contributed by atoms with Crippen molar-refractivity contribution in [2.24, 2.45) is 11.1 Å². The van der Waals surface area contributed by atoms with Gasteiger partial charge in [-0.1, -0.05) is 29.8 Å². The Morgan fingerprint density at radius 1 is 1.47 bits per heavy atom. The number of aliphatic hydroxyl groups excluding tert-OH is 1. The van der Waals surface area contributed by atoms with E-state index in [1.54, 1.807) is 19.9 Å². The molecule has 0 saturated carbocycles. The van der Waals surface area contributed by atoms with Gasteiger partial charge >= 0.3 is 0 Å². The summed E-state index contributed by atoms with van der Waals surface area (Å²) in [6.07, 6.45) is 0. The van der Waals surface area contributed by atoms with Gasteiger partial charge in [0.15, 0.2) is 11.6 Å². The van der Waals surface area contributed by atoms with Crippen molar-refractivity contribution in [3.63, 3.8) is 0 Å². The number of aliphatic hydroxyl groups is 1. The zero-order chi connectivity index (χ0) is 12.5. The Balaban J connectivity index is 0.00000256. The molecule has 0 unspecified atom stereocenters. The molecule has 3 nitrogen and oxygen atoms in total. The topological polar surface area (TPSA) is 66.5 Å². The van der Waals surface area contributed by atoms with Gasteiger partial charge in [0.05, 0.1) is 0 Å². The van der Waals surface area contributed by atoms with Crippen molar-refractivity contribution in [3.05, 3.63) is 28.0 Å². The molecule has 1 aromatic carbocycles. The number of phenols is 1. The fourth-order valence-electron chi connectivity index (χ4n) is 1.34. The van der Waals surface area contributed by atoms with E-state index in [0.717, 1.165) is 6.07 Å². The Hall–Kier alpha value is -0.360. The molecule has 1 atom stereocenters. The highest BCUT2D eigenvalue weighted by molar-refractivity contribution is 9.10. The second-order valence-electron chi connectivity index (χ2n) is 4.45. The maximum atomic E-state index is 13.3. The van der Waals surface area contributed by atoms with Crippen molar-refractivity contribution in [1.29, 1.82) is 0 Å². The molecule has 0 saturated heterocycles. The minimum atomic E-state index is -0.728. The van der Waals surface area contributed by atoms with E-state index in [1.807, 2.05) is 0 Å². The number of halogens is 3. The molecule has 4 N–H and O–H groups in total. The fourth-order valence-corrected chi connectivity index (χ4v) is 1.79. The Morgan fingerprint density at radius 2 is 2.00 bits per heavy atom. The SMILES string of the molecule is CC(C)(CO)[C@H](N)c1cc(Br)cc(F)c1O.Cl. The van der Waals surface area contributed by atoms with Crippen LogP contribution in [-0.4, -0.2) is 16.8 Å². The molecule has 0 fully saturated rings. The number of nitrogens with two attached hydrogens (primary N) is 1. The number of benzene rings is 1. The van der Waals surface area contributed by atoms with Crippen LogP contribution in [0.4, 0.5) is 4.39 Å². The third kappa shape index (κ3) is 3.55. The molecular weight excluding hydrogens is 312 g/mol. The van der Waals surface area contributed by atoms with Gasteiger partial charge in [-0.05, 0) is 12.1 Å². The Morgan fingerprint density at radius 3 is 2.47 bits per heavy atom. The summed E-state index contributed by atoms with van der Waals surface area (Å²) in [6.45, 7) is 3.34. The molecule has 0 aliphatic carbocycles. The molecule has 17 heavy (non-hydrogen) atoms. The van der Waals surface area contributed by atoms with Crippen LogP contribution in [0.3, 0.4) is 0 Å². The first-order valence-corrected chi connectivity index (χ1v) is 5.63. The lowest BCUT2D eigenvalue weighted by molar-refractivity contribution is 0.131. The molecule has 1 aromatic rings. The van der Waals surface area contributed by atoms with Gasteiger partial charge in [0.25, 0.3) is 0 Å². The highest BCUT2D eigenvalue weighted by Crippen LogP contribution is 2.37. The van der Waals surface area contributed by atoms with E-state index in [0.29, 0.717) is 4.47 Å². The monoisotopic (exact) mass is 327 g/mol. The first-order valence-electron chi connectivity index (χ1n) is 4.84. The molecule has 0 spiro atoms. The van der Waals surface area contributed by atoms with E-state index in [-0.39, 0.29) is 24.6 Å². The smallest absolute Gasteiger partial charge is 0.166 e. The first kappa shape index (κ1) is 16.6. The van der Waals surface area contributed by atoms with Crippen molar-refractivity contribution in [2.45, 2.75) is 19.9 Å². The summed E-state index contributed by atoms with van der Waals surface area (Å²) in [4.78, 5) is 0. The zero-order valence-electron chi connectivity index (χ0n) is 9.58. The largest absolute Gasteiger partial charge is 0.505 e. The maximum absolute atomic E-state index is 13.3.